The van der Waals surface area contributed by atoms with Gasteiger partial charge in [-0.25, -0.2) is 4.85 Å². The van der Waals surface area contributed by atoms with Crippen LogP contribution in [0.15, 0.2) is 41.4 Å². The fourth-order valence-electron chi connectivity index (χ4n) is 2.22. The molecule has 2 aromatic rings. The normalized spacial score (nSPS) is 11.9. The van der Waals surface area contributed by atoms with Gasteiger partial charge in [0.25, 0.3) is 5.91 Å². The van der Waals surface area contributed by atoms with Crippen LogP contribution in [0.4, 0.5) is 18.9 Å². The summed E-state index contributed by atoms with van der Waals surface area (Å²) in [6.07, 6.45) is -4.51. The number of hydrogen-bond donors (Lipinski definition) is 2. The van der Waals surface area contributed by atoms with E-state index in [1.54, 1.807) is 0 Å². The Morgan fingerprint density at radius 2 is 1.80 bits per heavy atom. The lowest BCUT2D eigenvalue weighted by atomic mass is 9.95. The van der Waals surface area contributed by atoms with Crippen molar-refractivity contribution in [2.75, 3.05) is 0 Å². The number of alkyl halides is 3. The average Bonchev–Trinajstić information content (AvgIpc) is 2.53. The molecule has 3 N–H and O–H groups in total. The predicted octanol–water partition coefficient (Wildman–Crippen LogP) is 4.15. The minimum Gasteiger partial charge on any atom is -0.507 e. The van der Waals surface area contributed by atoms with Crippen LogP contribution in [0.3, 0.4) is 0 Å². The van der Waals surface area contributed by atoms with Gasteiger partial charge in [-0.05, 0) is 30.7 Å². The molecule has 0 heterocycles. The highest BCUT2D eigenvalue weighted by atomic mass is 19.4. The molecule has 0 atom stereocenters. The SMILES string of the molecule is [C-]#[N+]c1ccc(O)c(C(=O)N=C(C)N)c1-c1ccc(C(F)(F)F)cc1. The van der Waals surface area contributed by atoms with Gasteiger partial charge in [-0.3, -0.25) is 4.79 Å². The van der Waals surface area contributed by atoms with E-state index >= 15 is 0 Å². The number of aromatic hydroxyl groups is 1. The Balaban J connectivity index is 2.72. The van der Waals surface area contributed by atoms with Crippen molar-refractivity contribution in [2.45, 2.75) is 13.1 Å². The van der Waals surface area contributed by atoms with E-state index < -0.39 is 23.4 Å². The van der Waals surface area contributed by atoms with Crippen LogP contribution < -0.4 is 5.73 Å². The summed E-state index contributed by atoms with van der Waals surface area (Å²) < 4.78 is 38.1. The molecule has 5 nitrogen and oxygen atoms in total. The van der Waals surface area contributed by atoms with Gasteiger partial charge in [0, 0.05) is 5.56 Å². The van der Waals surface area contributed by atoms with Crippen molar-refractivity contribution in [1.82, 2.24) is 0 Å². The highest BCUT2D eigenvalue weighted by molar-refractivity contribution is 6.10. The molecule has 0 aromatic heterocycles. The molecule has 8 heteroatoms. The fraction of sp³-hybridized carbons (Fsp3) is 0.118. The third-order valence-electron chi connectivity index (χ3n) is 3.27. The minimum absolute atomic E-state index is 0.00118. The van der Waals surface area contributed by atoms with Crippen LogP contribution in [0.25, 0.3) is 16.0 Å². The van der Waals surface area contributed by atoms with Crippen molar-refractivity contribution in [3.63, 3.8) is 0 Å². The number of carbonyl (C=O) groups is 1. The molecule has 0 saturated carbocycles. The Hall–Kier alpha value is -3.34. The molecule has 2 aromatic carbocycles. The number of nitrogens with zero attached hydrogens (tertiary/aromatic N) is 2. The molecule has 25 heavy (non-hydrogen) atoms. The first-order chi connectivity index (χ1) is 11.6. The molecule has 0 aliphatic carbocycles. The Bertz CT molecular complexity index is 891. The lowest BCUT2D eigenvalue weighted by molar-refractivity contribution is -0.137. The van der Waals surface area contributed by atoms with Crippen LogP contribution >= 0.6 is 0 Å². The zero-order chi connectivity index (χ0) is 18.8. The Morgan fingerprint density at radius 1 is 1.20 bits per heavy atom. The van der Waals surface area contributed by atoms with Gasteiger partial charge in [0.15, 0.2) is 5.69 Å². The van der Waals surface area contributed by atoms with Crippen LogP contribution in [0.2, 0.25) is 0 Å². The molecule has 0 saturated heterocycles. The third kappa shape index (κ3) is 3.77. The second-order valence-corrected chi connectivity index (χ2v) is 5.10. The number of benzene rings is 2. The maximum atomic E-state index is 12.7. The van der Waals surface area contributed by atoms with E-state index in [-0.39, 0.29) is 28.2 Å². The van der Waals surface area contributed by atoms with Crippen molar-refractivity contribution >= 4 is 17.4 Å². The number of aliphatic imine (C=N–C) groups is 1. The van der Waals surface area contributed by atoms with Crippen molar-refractivity contribution in [2.24, 2.45) is 10.7 Å². The zero-order valence-electron chi connectivity index (χ0n) is 12.9. The van der Waals surface area contributed by atoms with Gasteiger partial charge in [0.1, 0.15) is 11.6 Å². The van der Waals surface area contributed by atoms with Crippen molar-refractivity contribution in [1.29, 1.82) is 0 Å². The summed E-state index contributed by atoms with van der Waals surface area (Å²) in [6.45, 7) is 8.58. The number of hydrogen-bond acceptors (Lipinski definition) is 2. The fourth-order valence-corrected chi connectivity index (χ4v) is 2.22. The summed E-state index contributed by atoms with van der Waals surface area (Å²) in [5.41, 5.74) is 4.37. The van der Waals surface area contributed by atoms with Gasteiger partial charge in [0.2, 0.25) is 0 Å². The van der Waals surface area contributed by atoms with Crippen LogP contribution in [-0.4, -0.2) is 16.8 Å². The first-order valence-corrected chi connectivity index (χ1v) is 6.91. The lowest BCUT2D eigenvalue weighted by Gasteiger charge is -2.13. The first-order valence-electron chi connectivity index (χ1n) is 6.91. The van der Waals surface area contributed by atoms with Crippen molar-refractivity contribution in [3.8, 4) is 16.9 Å². The Morgan fingerprint density at radius 3 is 2.28 bits per heavy atom. The number of phenolic OH excluding ortho intramolecular Hbond substituents is 1. The number of halogens is 3. The molecule has 1 amide bonds. The summed E-state index contributed by atoms with van der Waals surface area (Å²) >= 11 is 0. The zero-order valence-corrected chi connectivity index (χ0v) is 12.9. The van der Waals surface area contributed by atoms with Gasteiger partial charge in [-0.2, -0.15) is 18.2 Å². The summed E-state index contributed by atoms with van der Waals surface area (Å²) in [4.78, 5) is 19.1. The summed E-state index contributed by atoms with van der Waals surface area (Å²) in [5, 5.41) is 10.0. The largest absolute Gasteiger partial charge is 0.507 e. The smallest absolute Gasteiger partial charge is 0.416 e. The number of rotatable bonds is 2. The third-order valence-corrected chi connectivity index (χ3v) is 3.27. The predicted molar refractivity (Wildman–Crippen MR) is 86.4 cm³/mol. The van der Waals surface area contributed by atoms with E-state index in [1.807, 2.05) is 0 Å². The van der Waals surface area contributed by atoms with Gasteiger partial charge in [-0.1, -0.05) is 18.2 Å². The van der Waals surface area contributed by atoms with Crippen LogP contribution in [-0.2, 0) is 6.18 Å². The number of phenols is 1. The molecule has 0 fully saturated rings. The van der Waals surface area contributed by atoms with Crippen LogP contribution in [0.1, 0.15) is 22.8 Å². The van der Waals surface area contributed by atoms with Crippen LogP contribution in [0, 0.1) is 6.57 Å². The summed E-state index contributed by atoms with van der Waals surface area (Å²) in [5.74, 6) is -1.40. The number of carbonyl (C=O) groups excluding carboxylic acids is 1. The number of nitrogens with two attached hydrogens (primary N) is 1. The van der Waals surface area contributed by atoms with Gasteiger partial charge < -0.3 is 10.8 Å². The first kappa shape index (κ1) is 18.0. The molecule has 0 aliphatic heterocycles. The van der Waals surface area contributed by atoms with E-state index in [1.165, 1.54) is 13.0 Å². The van der Waals surface area contributed by atoms with Crippen LogP contribution in [0.5, 0.6) is 5.75 Å². The molecule has 0 radical (unpaired) electrons. The Kier molecular flexibility index (Phi) is 4.79. The topological polar surface area (TPSA) is 80.0 Å². The van der Waals surface area contributed by atoms with E-state index in [9.17, 15) is 23.1 Å². The van der Waals surface area contributed by atoms with E-state index in [2.05, 4.69) is 9.84 Å². The molecule has 0 spiro atoms. The van der Waals surface area contributed by atoms with Gasteiger partial charge >= 0.3 is 6.18 Å². The lowest BCUT2D eigenvalue weighted by Crippen LogP contribution is -2.10. The van der Waals surface area contributed by atoms with Gasteiger partial charge in [-0.15, -0.1) is 0 Å². The second kappa shape index (κ2) is 6.65. The highest BCUT2D eigenvalue weighted by Crippen LogP contribution is 2.40. The average molecular weight is 347 g/mol. The van der Waals surface area contributed by atoms with E-state index in [0.29, 0.717) is 0 Å². The molecule has 2 rings (SSSR count). The monoisotopic (exact) mass is 347 g/mol. The van der Waals surface area contributed by atoms with Crippen molar-refractivity contribution < 1.29 is 23.1 Å². The molecule has 0 bridgehead atoms. The van der Waals surface area contributed by atoms with E-state index in [4.69, 9.17) is 12.3 Å². The maximum absolute atomic E-state index is 12.7. The molecule has 0 aliphatic rings. The maximum Gasteiger partial charge on any atom is 0.416 e. The molecular formula is C17H12F3N3O2. The quantitative estimate of drug-likeness (QED) is 0.487. The van der Waals surface area contributed by atoms with Gasteiger partial charge in [0.05, 0.1) is 17.7 Å². The number of amides is 1. The van der Waals surface area contributed by atoms with E-state index in [0.717, 1.165) is 30.3 Å². The molecule has 0 unspecified atom stereocenters. The van der Waals surface area contributed by atoms with Crippen molar-refractivity contribution in [3.05, 3.63) is 58.9 Å². The highest BCUT2D eigenvalue weighted by Gasteiger charge is 2.30. The second-order valence-electron chi connectivity index (χ2n) is 5.10. The Labute approximate surface area is 141 Å². The standard InChI is InChI=1S/C17H12F3N3O2/c1-9(21)23-16(25)15-13(24)8-7-12(22-2)14(15)10-3-5-11(6-4-10)17(18,19)20/h3-8,24H,1H3,(H2,21,23,25). The molecule has 128 valence electrons. The summed E-state index contributed by atoms with van der Waals surface area (Å²) in [6, 6.07) is 6.34. The summed E-state index contributed by atoms with van der Waals surface area (Å²) in [7, 11) is 0. The molecular weight excluding hydrogens is 335 g/mol. The minimum atomic E-state index is -4.51. The number of amidine groups is 1.